The minimum absolute atomic E-state index is 0.714. The Morgan fingerprint density at radius 2 is 1.74 bits per heavy atom. The Labute approximate surface area is 209 Å². The maximum atomic E-state index is 6.68. The van der Waals surface area contributed by atoms with Gasteiger partial charge in [-0.2, -0.15) is 0 Å². The third kappa shape index (κ3) is 5.23. The first-order valence-corrected chi connectivity index (χ1v) is 12.5. The molecule has 0 atom stereocenters. The highest BCUT2D eigenvalue weighted by atomic mass is 35.5. The van der Waals surface area contributed by atoms with E-state index in [4.69, 9.17) is 16.6 Å². The van der Waals surface area contributed by atoms with Crippen molar-refractivity contribution in [3.63, 3.8) is 0 Å². The zero-order valence-corrected chi connectivity index (χ0v) is 21.4. The van der Waals surface area contributed by atoms with E-state index in [1.165, 1.54) is 18.5 Å². The number of benzene rings is 2. The lowest BCUT2D eigenvalue weighted by molar-refractivity contribution is 0.209. The van der Waals surface area contributed by atoms with E-state index in [2.05, 4.69) is 77.2 Å². The number of fused-ring (bicyclic) bond motifs is 1. The summed E-state index contributed by atoms with van der Waals surface area (Å²) >= 11 is 6.68. The van der Waals surface area contributed by atoms with E-state index in [0.29, 0.717) is 5.02 Å². The summed E-state index contributed by atoms with van der Waals surface area (Å²) in [6.07, 6.45) is 3.51. The highest BCUT2D eigenvalue weighted by molar-refractivity contribution is 6.35. The van der Waals surface area contributed by atoms with Crippen LogP contribution in [-0.4, -0.2) is 55.1 Å². The van der Waals surface area contributed by atoms with Crippen molar-refractivity contribution in [1.82, 2.24) is 14.8 Å². The number of aromatic nitrogens is 1. The number of anilines is 1. The van der Waals surface area contributed by atoms with Crippen molar-refractivity contribution in [2.45, 2.75) is 26.2 Å². The van der Waals surface area contributed by atoms with Crippen LogP contribution in [0.4, 0.5) is 5.69 Å². The van der Waals surface area contributed by atoms with Crippen LogP contribution in [-0.2, 0) is 0 Å². The molecule has 0 bridgehead atoms. The second kappa shape index (κ2) is 10.5. The number of pyridine rings is 1. The lowest BCUT2D eigenvalue weighted by Gasteiger charge is -2.39. The molecule has 1 fully saturated rings. The molecule has 1 aliphatic rings. The fourth-order valence-corrected chi connectivity index (χ4v) is 4.73. The molecule has 1 aromatic heterocycles. The second-order valence-electron chi connectivity index (χ2n) is 9.26. The van der Waals surface area contributed by atoms with Crippen LogP contribution >= 0.6 is 11.6 Å². The zero-order chi connectivity index (χ0) is 24.2. The van der Waals surface area contributed by atoms with Gasteiger partial charge in [-0.15, -0.1) is 0 Å². The van der Waals surface area contributed by atoms with Crippen molar-refractivity contribution in [1.29, 1.82) is 0 Å². The van der Waals surface area contributed by atoms with E-state index >= 15 is 0 Å². The maximum absolute atomic E-state index is 6.68. The van der Waals surface area contributed by atoms with Crippen LogP contribution in [0.2, 0.25) is 5.02 Å². The number of nitrogens with zero attached hydrogens (tertiary/aromatic N) is 4. The van der Waals surface area contributed by atoms with Gasteiger partial charge in [0.05, 0.1) is 16.2 Å². The largest absolute Gasteiger partial charge is 0.378 e. The van der Waals surface area contributed by atoms with Gasteiger partial charge in [-0.25, -0.2) is 4.98 Å². The maximum Gasteiger partial charge on any atom is 0.0731 e. The van der Waals surface area contributed by atoms with Crippen LogP contribution in [0.1, 0.15) is 31.7 Å². The van der Waals surface area contributed by atoms with Gasteiger partial charge in [0.2, 0.25) is 0 Å². The first-order chi connectivity index (χ1) is 16.4. The average Bonchev–Trinajstić information content (AvgIpc) is 2.86. The fourth-order valence-electron chi connectivity index (χ4n) is 4.47. The van der Waals surface area contributed by atoms with Crippen LogP contribution in [0.25, 0.3) is 27.9 Å². The molecule has 5 heteroatoms. The monoisotopic (exact) mass is 474 g/mol. The Balaban J connectivity index is 1.54. The van der Waals surface area contributed by atoms with Crippen LogP contribution < -0.4 is 4.90 Å². The fraction of sp³-hybridized carbons (Fsp3) is 0.345. The molecule has 0 aliphatic carbocycles. The summed E-state index contributed by atoms with van der Waals surface area (Å²) in [6.45, 7) is 14.8. The van der Waals surface area contributed by atoms with Gasteiger partial charge in [0.25, 0.3) is 0 Å². The topological polar surface area (TPSA) is 22.6 Å². The van der Waals surface area contributed by atoms with Crippen LogP contribution in [0.5, 0.6) is 0 Å². The van der Waals surface area contributed by atoms with E-state index in [0.717, 1.165) is 71.7 Å². The summed E-state index contributed by atoms with van der Waals surface area (Å²) in [5.41, 5.74) is 7.36. The second-order valence-corrected chi connectivity index (χ2v) is 9.66. The molecular weight excluding hydrogens is 440 g/mol. The molecular formula is C29H35ClN4. The Bertz CT molecular complexity index is 1190. The molecule has 0 saturated carbocycles. The van der Waals surface area contributed by atoms with Gasteiger partial charge < -0.3 is 14.7 Å². The van der Waals surface area contributed by atoms with Crippen LogP contribution in [0.15, 0.2) is 67.4 Å². The van der Waals surface area contributed by atoms with E-state index in [9.17, 15) is 0 Å². The normalized spacial score (nSPS) is 13.9. The molecule has 3 aromatic rings. The Kier molecular flexibility index (Phi) is 7.47. The number of hydrogen-bond acceptors (Lipinski definition) is 4. The molecule has 2 aromatic carbocycles. The third-order valence-electron chi connectivity index (χ3n) is 6.68. The Hall–Kier alpha value is -2.98. The minimum Gasteiger partial charge on any atom is -0.378 e. The molecule has 0 amide bonds. The van der Waals surface area contributed by atoms with Crippen molar-refractivity contribution in [3.8, 4) is 11.3 Å². The van der Waals surface area contributed by atoms with E-state index < -0.39 is 0 Å². The molecule has 2 heterocycles. The lowest BCUT2D eigenvalue weighted by Crippen LogP contribution is -2.44. The summed E-state index contributed by atoms with van der Waals surface area (Å²) in [6, 6.07) is 16.6. The molecule has 4 rings (SSSR count). The zero-order valence-electron chi connectivity index (χ0n) is 20.6. The SMILES string of the molecule is C=C(CCCC)N1CCN(C(=C)c2ccc3c(Cl)cc(-c4cccc(N(C)C)c4)nc3c2)CC1. The van der Waals surface area contributed by atoms with Gasteiger partial charge in [-0.1, -0.05) is 62.4 Å². The molecule has 0 N–H and O–H groups in total. The first kappa shape index (κ1) is 24.2. The summed E-state index contributed by atoms with van der Waals surface area (Å²) in [7, 11) is 4.08. The number of unbranched alkanes of at least 4 members (excludes halogenated alkanes) is 1. The predicted octanol–water partition coefficient (Wildman–Crippen LogP) is 6.91. The summed E-state index contributed by atoms with van der Waals surface area (Å²) in [4.78, 5) is 11.9. The number of rotatable bonds is 8. The van der Waals surface area contributed by atoms with Gasteiger partial charge >= 0.3 is 0 Å². The summed E-state index contributed by atoms with van der Waals surface area (Å²) < 4.78 is 0. The average molecular weight is 475 g/mol. The number of allylic oxidation sites excluding steroid dienone is 1. The summed E-state index contributed by atoms with van der Waals surface area (Å²) in [5.74, 6) is 0. The van der Waals surface area contributed by atoms with E-state index in [1.54, 1.807) is 0 Å². The number of piperazine rings is 1. The molecule has 34 heavy (non-hydrogen) atoms. The quantitative estimate of drug-likeness (QED) is 0.353. The van der Waals surface area contributed by atoms with Crippen molar-refractivity contribution in [2.24, 2.45) is 0 Å². The van der Waals surface area contributed by atoms with Gasteiger partial charge in [-0.05, 0) is 42.7 Å². The standard InChI is InChI=1S/C29H35ClN4/c1-6-7-9-21(2)33-14-16-34(17-15-33)22(3)23-12-13-26-27(30)20-28(31-29(26)19-23)24-10-8-11-25(18-24)32(4)5/h8,10-13,18-20H,2-3,6-7,9,14-17H2,1,4-5H3. The first-order valence-electron chi connectivity index (χ1n) is 12.1. The number of halogens is 1. The predicted molar refractivity (Wildman–Crippen MR) is 147 cm³/mol. The van der Waals surface area contributed by atoms with Crippen molar-refractivity contribution >= 4 is 33.9 Å². The molecule has 4 nitrogen and oxygen atoms in total. The molecule has 0 unspecified atom stereocenters. The van der Waals surface area contributed by atoms with Gasteiger partial charge in [0, 0.05) is 68.3 Å². The highest BCUT2D eigenvalue weighted by Crippen LogP contribution is 2.32. The van der Waals surface area contributed by atoms with Crippen molar-refractivity contribution in [2.75, 3.05) is 45.2 Å². The van der Waals surface area contributed by atoms with E-state index in [1.807, 2.05) is 20.2 Å². The third-order valence-corrected chi connectivity index (χ3v) is 6.99. The molecule has 178 valence electrons. The van der Waals surface area contributed by atoms with Gasteiger partial charge in [0.15, 0.2) is 0 Å². The molecule has 1 aliphatic heterocycles. The smallest absolute Gasteiger partial charge is 0.0731 e. The van der Waals surface area contributed by atoms with Crippen LogP contribution in [0, 0.1) is 0 Å². The lowest BCUT2D eigenvalue weighted by atomic mass is 10.0. The summed E-state index contributed by atoms with van der Waals surface area (Å²) in [5, 5.41) is 1.68. The molecule has 1 saturated heterocycles. The van der Waals surface area contributed by atoms with Gasteiger partial charge in [-0.3, -0.25) is 0 Å². The molecule has 0 radical (unpaired) electrons. The molecule has 0 spiro atoms. The Morgan fingerprint density at radius 3 is 2.44 bits per heavy atom. The highest BCUT2D eigenvalue weighted by Gasteiger charge is 2.20. The van der Waals surface area contributed by atoms with E-state index in [-0.39, 0.29) is 0 Å². The van der Waals surface area contributed by atoms with Crippen LogP contribution in [0.3, 0.4) is 0 Å². The number of hydrogen-bond donors (Lipinski definition) is 0. The van der Waals surface area contributed by atoms with Crippen molar-refractivity contribution < 1.29 is 0 Å². The van der Waals surface area contributed by atoms with Gasteiger partial charge in [0.1, 0.15) is 0 Å². The minimum atomic E-state index is 0.714. The van der Waals surface area contributed by atoms with Crippen molar-refractivity contribution in [3.05, 3.63) is 78.0 Å². The Morgan fingerprint density at radius 1 is 1.00 bits per heavy atom.